The number of nitrogens with zero attached hydrogens (tertiary/aromatic N) is 3. The molecule has 0 N–H and O–H groups in total. The highest BCUT2D eigenvalue weighted by Gasteiger charge is 2.34. The quantitative estimate of drug-likeness (QED) is 0.786. The van der Waals surface area contributed by atoms with Gasteiger partial charge in [-0.1, -0.05) is 0 Å². The molecule has 2 aromatic heterocycles. The van der Waals surface area contributed by atoms with Crippen LogP contribution in [0.1, 0.15) is 17.0 Å². The molecule has 0 spiro atoms. The Kier molecular flexibility index (Phi) is 4.08. The van der Waals surface area contributed by atoms with Crippen LogP contribution in [0.25, 0.3) is 11.3 Å². The summed E-state index contributed by atoms with van der Waals surface area (Å²) < 4.78 is 74.1. The molecular weight excluding hydrogens is 312 g/mol. The molecule has 0 aromatic carbocycles. The van der Waals surface area contributed by atoms with Gasteiger partial charge in [-0.05, 0) is 24.1 Å². The number of hydrogen-bond donors (Lipinski definition) is 0. The van der Waals surface area contributed by atoms with E-state index in [0.717, 1.165) is 18.6 Å². The van der Waals surface area contributed by atoms with Gasteiger partial charge in [0.25, 0.3) is 0 Å². The number of aryl methyl sites for hydroxylation is 1. The number of alkyl halides is 6. The van der Waals surface area contributed by atoms with Crippen LogP contribution in [-0.2, 0) is 12.6 Å². The van der Waals surface area contributed by atoms with Gasteiger partial charge in [0.2, 0.25) is 5.82 Å². The second kappa shape index (κ2) is 5.54. The maximum Gasteiger partial charge on any atom is 0.451 e. The van der Waals surface area contributed by atoms with Crippen LogP contribution in [0.5, 0.6) is 0 Å². The minimum Gasteiger partial charge on any atom is -0.256 e. The third-order valence-electron chi connectivity index (χ3n) is 2.81. The fraction of sp³-hybridized carbons (Fsp3) is 0.308. The summed E-state index contributed by atoms with van der Waals surface area (Å²) in [5.41, 5.74) is 0.734. The zero-order chi connectivity index (χ0) is 16.5. The molecule has 0 saturated carbocycles. The normalized spacial score (nSPS) is 12.5. The first-order valence-electron chi connectivity index (χ1n) is 5.98. The summed E-state index contributed by atoms with van der Waals surface area (Å²) in [6.07, 6.45) is -7.21. The van der Waals surface area contributed by atoms with Crippen LogP contribution in [0.15, 0.2) is 24.7 Å². The Labute approximate surface area is 121 Å². The number of halogens is 6. The van der Waals surface area contributed by atoms with Gasteiger partial charge in [0.1, 0.15) is 0 Å². The van der Waals surface area contributed by atoms with Crippen LogP contribution >= 0.6 is 0 Å². The molecule has 2 heterocycles. The predicted octanol–water partition coefficient (Wildman–Crippen LogP) is 3.97. The van der Waals surface area contributed by atoms with E-state index < -0.39 is 24.6 Å². The monoisotopic (exact) mass is 321 g/mol. The molecule has 2 aromatic rings. The minimum atomic E-state index is -4.65. The first-order chi connectivity index (χ1) is 10.1. The highest BCUT2D eigenvalue weighted by Crippen LogP contribution is 2.28. The highest BCUT2D eigenvalue weighted by atomic mass is 19.4. The van der Waals surface area contributed by atoms with Crippen LogP contribution in [0.3, 0.4) is 0 Å². The molecule has 0 aliphatic carbocycles. The Morgan fingerprint density at radius 2 is 1.50 bits per heavy atom. The topological polar surface area (TPSA) is 38.7 Å². The van der Waals surface area contributed by atoms with Crippen molar-refractivity contribution in [3.63, 3.8) is 0 Å². The highest BCUT2D eigenvalue weighted by molar-refractivity contribution is 5.58. The van der Waals surface area contributed by atoms with Crippen molar-refractivity contribution in [3.8, 4) is 11.3 Å². The van der Waals surface area contributed by atoms with Gasteiger partial charge in [-0.3, -0.25) is 4.98 Å². The lowest BCUT2D eigenvalue weighted by Crippen LogP contribution is -2.13. The third-order valence-corrected chi connectivity index (χ3v) is 2.81. The molecule has 0 fully saturated rings. The molecule has 0 aliphatic rings. The molecule has 0 aliphatic heterocycles. The van der Waals surface area contributed by atoms with Gasteiger partial charge >= 0.3 is 12.4 Å². The third kappa shape index (κ3) is 3.92. The first-order valence-corrected chi connectivity index (χ1v) is 5.98. The van der Waals surface area contributed by atoms with Gasteiger partial charge in [0.15, 0.2) is 0 Å². The van der Waals surface area contributed by atoms with Gasteiger partial charge < -0.3 is 0 Å². The molecule has 0 amide bonds. The fourth-order valence-corrected chi connectivity index (χ4v) is 1.75. The zero-order valence-electron chi connectivity index (χ0n) is 11.1. The van der Waals surface area contributed by atoms with Crippen molar-refractivity contribution in [3.05, 3.63) is 41.6 Å². The lowest BCUT2D eigenvalue weighted by Gasteiger charge is -2.10. The summed E-state index contributed by atoms with van der Waals surface area (Å²) in [6.45, 7) is 1.47. The van der Waals surface area contributed by atoms with E-state index in [9.17, 15) is 26.3 Å². The SMILES string of the molecule is Cc1cc(-c2cnc(C(F)(F)F)nc2)ncc1CC(F)(F)F. The van der Waals surface area contributed by atoms with E-state index in [1.807, 2.05) is 0 Å². The second-order valence-electron chi connectivity index (χ2n) is 4.58. The van der Waals surface area contributed by atoms with E-state index in [0.29, 0.717) is 5.56 Å². The Morgan fingerprint density at radius 1 is 0.909 bits per heavy atom. The maximum atomic E-state index is 12.3. The van der Waals surface area contributed by atoms with Crippen molar-refractivity contribution < 1.29 is 26.3 Å². The van der Waals surface area contributed by atoms with Crippen molar-refractivity contribution in [2.75, 3.05) is 0 Å². The van der Waals surface area contributed by atoms with E-state index in [2.05, 4.69) is 15.0 Å². The van der Waals surface area contributed by atoms with Crippen molar-refractivity contribution in [1.29, 1.82) is 0 Å². The second-order valence-corrected chi connectivity index (χ2v) is 4.58. The van der Waals surface area contributed by atoms with Gasteiger partial charge in [-0.25, -0.2) is 9.97 Å². The lowest BCUT2D eigenvalue weighted by atomic mass is 10.1. The first kappa shape index (κ1) is 16.2. The number of pyridine rings is 1. The van der Waals surface area contributed by atoms with E-state index in [1.54, 1.807) is 0 Å². The van der Waals surface area contributed by atoms with E-state index in [-0.39, 0.29) is 16.8 Å². The fourth-order valence-electron chi connectivity index (χ4n) is 1.75. The number of hydrogen-bond acceptors (Lipinski definition) is 3. The number of rotatable bonds is 2. The largest absolute Gasteiger partial charge is 0.451 e. The van der Waals surface area contributed by atoms with E-state index in [4.69, 9.17) is 0 Å². The van der Waals surface area contributed by atoms with Crippen LogP contribution in [0.2, 0.25) is 0 Å². The minimum absolute atomic E-state index is 0.00378. The van der Waals surface area contributed by atoms with Crippen LogP contribution in [-0.4, -0.2) is 21.1 Å². The van der Waals surface area contributed by atoms with Crippen LogP contribution in [0.4, 0.5) is 26.3 Å². The average Bonchev–Trinajstić information content (AvgIpc) is 2.39. The van der Waals surface area contributed by atoms with Crippen molar-refractivity contribution in [2.24, 2.45) is 0 Å². The Morgan fingerprint density at radius 3 is 1.95 bits per heavy atom. The number of aromatic nitrogens is 3. The van der Waals surface area contributed by atoms with Gasteiger partial charge in [-0.15, -0.1) is 0 Å². The molecule has 118 valence electrons. The van der Waals surface area contributed by atoms with E-state index in [1.165, 1.54) is 13.0 Å². The summed E-state index contributed by atoms with van der Waals surface area (Å²) in [7, 11) is 0. The van der Waals surface area contributed by atoms with Crippen molar-refractivity contribution >= 4 is 0 Å². The standard InChI is InChI=1S/C13H9F6N3/c1-7-2-10(20-4-8(7)3-12(14,15)16)9-5-21-11(22-6-9)13(17,18)19/h2,4-6H,3H2,1H3. The smallest absolute Gasteiger partial charge is 0.256 e. The summed E-state index contributed by atoms with van der Waals surface area (Å²) in [5, 5.41) is 0. The summed E-state index contributed by atoms with van der Waals surface area (Å²) in [5.74, 6) is -1.29. The molecule has 22 heavy (non-hydrogen) atoms. The summed E-state index contributed by atoms with van der Waals surface area (Å²) in [6, 6.07) is 1.35. The molecule has 9 heteroatoms. The Bertz CT molecular complexity index is 661. The molecule has 3 nitrogen and oxygen atoms in total. The van der Waals surface area contributed by atoms with Crippen LogP contribution in [0, 0.1) is 6.92 Å². The zero-order valence-corrected chi connectivity index (χ0v) is 11.1. The maximum absolute atomic E-state index is 12.3. The molecule has 0 bridgehead atoms. The van der Waals surface area contributed by atoms with Gasteiger partial charge in [0.05, 0.1) is 12.1 Å². The molecule has 2 rings (SSSR count). The molecule has 0 saturated heterocycles. The van der Waals surface area contributed by atoms with Crippen molar-refractivity contribution in [1.82, 2.24) is 15.0 Å². The average molecular weight is 321 g/mol. The van der Waals surface area contributed by atoms with Gasteiger partial charge in [-0.2, -0.15) is 26.3 Å². The molecular formula is C13H9F6N3. The molecule has 0 radical (unpaired) electrons. The Hall–Kier alpha value is -2.19. The van der Waals surface area contributed by atoms with Gasteiger partial charge in [0, 0.05) is 24.2 Å². The van der Waals surface area contributed by atoms with Crippen LogP contribution < -0.4 is 0 Å². The lowest BCUT2D eigenvalue weighted by molar-refractivity contribution is -0.145. The Balaban J connectivity index is 2.29. The van der Waals surface area contributed by atoms with Crippen molar-refractivity contribution in [2.45, 2.75) is 25.7 Å². The molecule has 0 atom stereocenters. The molecule has 0 unspecified atom stereocenters. The summed E-state index contributed by atoms with van der Waals surface area (Å²) in [4.78, 5) is 10.2. The van der Waals surface area contributed by atoms with E-state index >= 15 is 0 Å². The summed E-state index contributed by atoms with van der Waals surface area (Å²) >= 11 is 0. The predicted molar refractivity (Wildman–Crippen MR) is 64.8 cm³/mol.